The second-order valence-corrected chi connectivity index (χ2v) is 9.13. The Bertz CT molecular complexity index is 1260. The van der Waals surface area contributed by atoms with Crippen molar-refractivity contribution in [2.24, 2.45) is 0 Å². The lowest BCUT2D eigenvalue weighted by atomic mass is 10.1. The van der Waals surface area contributed by atoms with E-state index >= 15 is 0 Å². The van der Waals surface area contributed by atoms with Gasteiger partial charge in [0.25, 0.3) is 5.56 Å². The number of nitrogens with one attached hydrogen (secondary N) is 1. The van der Waals surface area contributed by atoms with E-state index in [4.69, 9.17) is 4.74 Å². The summed E-state index contributed by atoms with van der Waals surface area (Å²) in [6.07, 6.45) is 1.83. The molecule has 0 aliphatic carbocycles. The molecule has 184 valence electrons. The molecule has 8 heteroatoms. The van der Waals surface area contributed by atoms with Crippen LogP contribution in [0, 0.1) is 0 Å². The third-order valence-corrected chi connectivity index (χ3v) is 6.12. The predicted octanol–water partition coefficient (Wildman–Crippen LogP) is 1.98. The Labute approximate surface area is 204 Å². The lowest BCUT2D eigenvalue weighted by Gasteiger charge is -2.35. The Balaban J connectivity index is 1.41. The number of rotatable bonds is 8. The number of amides is 1. The van der Waals surface area contributed by atoms with E-state index in [9.17, 15) is 14.4 Å². The van der Waals surface area contributed by atoms with Gasteiger partial charge < -0.3 is 10.1 Å². The zero-order valence-electron chi connectivity index (χ0n) is 20.2. The fourth-order valence-electron chi connectivity index (χ4n) is 4.53. The number of hydrogen-bond donors (Lipinski definition) is 1. The van der Waals surface area contributed by atoms with Crippen LogP contribution < -0.4 is 16.6 Å². The first-order valence-electron chi connectivity index (χ1n) is 11.9. The van der Waals surface area contributed by atoms with Gasteiger partial charge in [0.15, 0.2) is 0 Å². The maximum Gasteiger partial charge on any atom is 0.331 e. The third-order valence-electron chi connectivity index (χ3n) is 6.12. The summed E-state index contributed by atoms with van der Waals surface area (Å²) in [6, 6.07) is 18.8. The Kier molecular flexibility index (Phi) is 7.94. The van der Waals surface area contributed by atoms with Crippen LogP contribution in [0.1, 0.15) is 30.5 Å². The van der Waals surface area contributed by atoms with Crippen molar-refractivity contribution in [1.29, 1.82) is 0 Å². The fourth-order valence-corrected chi connectivity index (χ4v) is 4.53. The van der Waals surface area contributed by atoms with Gasteiger partial charge in [-0.05, 0) is 30.5 Å². The molecule has 2 atom stereocenters. The molecule has 0 radical (unpaired) electrons. The molecule has 2 aromatic carbocycles. The Hall–Kier alpha value is -3.49. The van der Waals surface area contributed by atoms with Gasteiger partial charge >= 0.3 is 5.69 Å². The minimum atomic E-state index is -0.507. The summed E-state index contributed by atoms with van der Waals surface area (Å²) in [4.78, 5) is 40.3. The number of carbonyl (C=O) groups is 1. The molecule has 3 aromatic rings. The molecular formula is C27H32N4O4. The van der Waals surface area contributed by atoms with Crippen molar-refractivity contribution in [1.82, 2.24) is 19.4 Å². The highest BCUT2D eigenvalue weighted by molar-refractivity contribution is 5.75. The average molecular weight is 477 g/mol. The number of aromatic nitrogens is 2. The van der Waals surface area contributed by atoms with Crippen molar-refractivity contribution in [2.75, 3.05) is 13.1 Å². The fraction of sp³-hybridized carbons (Fsp3) is 0.370. The monoisotopic (exact) mass is 476 g/mol. The first kappa shape index (κ1) is 24.6. The highest BCUT2D eigenvalue weighted by Crippen LogP contribution is 2.17. The molecule has 0 bridgehead atoms. The molecule has 8 nitrogen and oxygen atoms in total. The van der Waals surface area contributed by atoms with Crippen LogP contribution in [0.2, 0.25) is 0 Å². The van der Waals surface area contributed by atoms with Gasteiger partial charge in [-0.1, -0.05) is 54.6 Å². The minimum Gasteiger partial charge on any atom is -0.373 e. The lowest BCUT2D eigenvalue weighted by molar-refractivity contribution is -0.121. The summed E-state index contributed by atoms with van der Waals surface area (Å²) >= 11 is 0. The molecule has 0 spiro atoms. The molecule has 1 aromatic heterocycles. The molecule has 4 rings (SSSR count). The molecule has 2 heterocycles. The summed E-state index contributed by atoms with van der Waals surface area (Å²) < 4.78 is 8.23. The van der Waals surface area contributed by atoms with Crippen molar-refractivity contribution in [3.63, 3.8) is 0 Å². The topological polar surface area (TPSA) is 85.6 Å². The van der Waals surface area contributed by atoms with E-state index in [2.05, 4.69) is 30.1 Å². The van der Waals surface area contributed by atoms with E-state index < -0.39 is 11.2 Å². The van der Waals surface area contributed by atoms with Gasteiger partial charge in [0.05, 0.1) is 18.8 Å². The average Bonchev–Trinajstić information content (AvgIpc) is 2.83. The molecule has 1 amide bonds. The lowest BCUT2D eigenvalue weighted by Crippen LogP contribution is -2.45. The number of carbonyl (C=O) groups excluding carboxylic acids is 1. The maximum atomic E-state index is 12.9. The zero-order valence-corrected chi connectivity index (χ0v) is 20.2. The third kappa shape index (κ3) is 6.55. The number of nitrogens with zero attached hydrogens (tertiary/aromatic N) is 3. The summed E-state index contributed by atoms with van der Waals surface area (Å²) in [5.41, 5.74) is 2.08. The van der Waals surface area contributed by atoms with E-state index in [-0.39, 0.29) is 24.7 Å². The molecule has 35 heavy (non-hydrogen) atoms. The SMILES string of the molecule is CC1CN(Cc2ccccc2CNC(=O)Cn2c(=O)ccn(Cc3ccccc3)c2=O)CC(C)O1. The van der Waals surface area contributed by atoms with Crippen molar-refractivity contribution in [3.05, 3.63) is 104 Å². The molecule has 1 aliphatic heterocycles. The standard InChI is InChI=1S/C27H32N4O4/c1-20-15-29(16-21(2)35-20)18-24-11-7-6-10-23(24)14-28-25(32)19-31-26(33)12-13-30(27(31)34)17-22-8-4-3-5-9-22/h3-13,20-21H,14-19H2,1-2H3,(H,28,32). The second kappa shape index (κ2) is 11.3. The van der Waals surface area contributed by atoms with Gasteiger partial charge in [0, 0.05) is 38.4 Å². The van der Waals surface area contributed by atoms with Crippen molar-refractivity contribution in [2.45, 2.75) is 52.2 Å². The van der Waals surface area contributed by atoms with Crippen molar-refractivity contribution >= 4 is 5.91 Å². The van der Waals surface area contributed by atoms with Crippen LogP contribution in [0.5, 0.6) is 0 Å². The van der Waals surface area contributed by atoms with Gasteiger partial charge in [-0.25, -0.2) is 4.79 Å². The summed E-state index contributed by atoms with van der Waals surface area (Å²) in [5.74, 6) is -0.384. The van der Waals surface area contributed by atoms with E-state index in [1.807, 2.05) is 48.5 Å². The zero-order chi connectivity index (χ0) is 24.8. The Morgan fingerprint density at radius 1 is 0.914 bits per heavy atom. The van der Waals surface area contributed by atoms with Gasteiger partial charge in [-0.3, -0.25) is 23.6 Å². The normalized spacial score (nSPS) is 18.3. The molecule has 1 N–H and O–H groups in total. The minimum absolute atomic E-state index is 0.181. The van der Waals surface area contributed by atoms with Crippen LogP contribution in [0.25, 0.3) is 0 Å². The maximum absolute atomic E-state index is 12.9. The number of morpholine rings is 1. The van der Waals surface area contributed by atoms with Gasteiger partial charge in [0.1, 0.15) is 6.54 Å². The number of benzene rings is 2. The second-order valence-electron chi connectivity index (χ2n) is 9.13. The predicted molar refractivity (Wildman–Crippen MR) is 134 cm³/mol. The van der Waals surface area contributed by atoms with Gasteiger partial charge in [-0.15, -0.1) is 0 Å². The molecular weight excluding hydrogens is 444 g/mol. The van der Waals surface area contributed by atoms with Crippen LogP contribution in [-0.2, 0) is 35.7 Å². The Morgan fingerprint density at radius 2 is 1.57 bits per heavy atom. The first-order valence-corrected chi connectivity index (χ1v) is 11.9. The smallest absolute Gasteiger partial charge is 0.331 e. The quantitative estimate of drug-likeness (QED) is 0.538. The van der Waals surface area contributed by atoms with Crippen molar-refractivity contribution in [3.8, 4) is 0 Å². The molecule has 1 saturated heterocycles. The summed E-state index contributed by atoms with van der Waals surface area (Å²) in [7, 11) is 0. The van der Waals surface area contributed by atoms with E-state index in [1.54, 1.807) is 0 Å². The first-order chi connectivity index (χ1) is 16.9. The molecule has 1 aliphatic rings. The summed E-state index contributed by atoms with van der Waals surface area (Å²) in [6.45, 7) is 6.97. The largest absolute Gasteiger partial charge is 0.373 e. The van der Waals surface area contributed by atoms with Crippen LogP contribution in [-0.4, -0.2) is 45.2 Å². The van der Waals surface area contributed by atoms with Gasteiger partial charge in [-0.2, -0.15) is 0 Å². The van der Waals surface area contributed by atoms with Crippen LogP contribution in [0.15, 0.2) is 76.4 Å². The van der Waals surface area contributed by atoms with E-state index in [1.165, 1.54) is 16.8 Å². The highest BCUT2D eigenvalue weighted by atomic mass is 16.5. The molecule has 2 unspecified atom stereocenters. The summed E-state index contributed by atoms with van der Waals surface area (Å²) in [5, 5.41) is 2.88. The number of ether oxygens (including phenoxy) is 1. The molecule has 1 fully saturated rings. The van der Waals surface area contributed by atoms with Crippen LogP contribution in [0.3, 0.4) is 0 Å². The highest BCUT2D eigenvalue weighted by Gasteiger charge is 2.22. The molecule has 0 saturated carbocycles. The van der Waals surface area contributed by atoms with E-state index in [0.717, 1.165) is 40.9 Å². The Morgan fingerprint density at radius 3 is 2.29 bits per heavy atom. The number of hydrogen-bond acceptors (Lipinski definition) is 5. The van der Waals surface area contributed by atoms with Crippen LogP contribution >= 0.6 is 0 Å². The van der Waals surface area contributed by atoms with E-state index in [0.29, 0.717) is 13.1 Å². The van der Waals surface area contributed by atoms with Crippen LogP contribution in [0.4, 0.5) is 0 Å². The van der Waals surface area contributed by atoms with Crippen molar-refractivity contribution < 1.29 is 9.53 Å². The van der Waals surface area contributed by atoms with Gasteiger partial charge in [0.2, 0.25) is 5.91 Å².